The molecule has 0 saturated carbocycles. The van der Waals surface area contributed by atoms with Crippen LogP contribution in [0, 0.1) is 0 Å². The molecule has 110 valence electrons. The number of carbonyl (C=O) groups excluding carboxylic acids is 1. The van der Waals surface area contributed by atoms with Crippen LogP contribution in [0.1, 0.15) is 35.7 Å². The first-order valence-electron chi connectivity index (χ1n) is 7.34. The van der Waals surface area contributed by atoms with E-state index in [0.29, 0.717) is 12.2 Å². The monoisotopic (exact) mass is 283 g/mol. The summed E-state index contributed by atoms with van der Waals surface area (Å²) in [6, 6.07) is 17.3. The average molecular weight is 283 g/mol. The van der Waals surface area contributed by atoms with Gasteiger partial charge >= 0.3 is 0 Å². The van der Waals surface area contributed by atoms with Gasteiger partial charge in [0, 0.05) is 12.1 Å². The molecule has 0 atom stereocenters. The van der Waals surface area contributed by atoms with E-state index in [2.05, 4.69) is 12.2 Å². The quantitative estimate of drug-likeness (QED) is 0.785. The van der Waals surface area contributed by atoms with Gasteiger partial charge in [-0.1, -0.05) is 43.7 Å². The van der Waals surface area contributed by atoms with Crippen molar-refractivity contribution in [3.8, 4) is 5.75 Å². The van der Waals surface area contributed by atoms with Gasteiger partial charge in [0.2, 0.25) is 0 Å². The molecule has 1 N–H and O–H groups in total. The van der Waals surface area contributed by atoms with Crippen LogP contribution < -0.4 is 10.1 Å². The molecule has 0 saturated heterocycles. The molecule has 0 bridgehead atoms. The summed E-state index contributed by atoms with van der Waals surface area (Å²) < 4.78 is 5.69. The maximum absolute atomic E-state index is 11.9. The Balaban J connectivity index is 1.85. The molecule has 21 heavy (non-hydrogen) atoms. The summed E-state index contributed by atoms with van der Waals surface area (Å²) in [6.07, 6.45) is 2.08. The number of hydrogen-bond donors (Lipinski definition) is 1. The van der Waals surface area contributed by atoms with Crippen LogP contribution in [-0.2, 0) is 6.61 Å². The van der Waals surface area contributed by atoms with E-state index in [4.69, 9.17) is 4.74 Å². The van der Waals surface area contributed by atoms with Gasteiger partial charge in [-0.25, -0.2) is 0 Å². The van der Waals surface area contributed by atoms with Gasteiger partial charge in [0.1, 0.15) is 12.4 Å². The maximum atomic E-state index is 11.9. The highest BCUT2D eigenvalue weighted by molar-refractivity contribution is 5.94. The second kappa shape index (κ2) is 8.10. The maximum Gasteiger partial charge on any atom is 0.251 e. The Labute approximate surface area is 126 Å². The van der Waals surface area contributed by atoms with Crippen molar-refractivity contribution in [1.29, 1.82) is 0 Å². The molecule has 0 aliphatic rings. The van der Waals surface area contributed by atoms with Crippen molar-refractivity contribution in [1.82, 2.24) is 5.32 Å². The normalized spacial score (nSPS) is 10.1. The van der Waals surface area contributed by atoms with Gasteiger partial charge in [-0.05, 0) is 36.2 Å². The molecule has 0 aliphatic heterocycles. The molecule has 0 fully saturated rings. The molecule has 0 spiro atoms. The molecule has 2 aromatic carbocycles. The third-order valence-electron chi connectivity index (χ3n) is 3.18. The van der Waals surface area contributed by atoms with Crippen LogP contribution in [0.25, 0.3) is 0 Å². The second-order valence-electron chi connectivity index (χ2n) is 4.91. The fourth-order valence-corrected chi connectivity index (χ4v) is 1.92. The lowest BCUT2D eigenvalue weighted by Gasteiger charge is -2.08. The zero-order valence-electron chi connectivity index (χ0n) is 12.3. The first-order valence-corrected chi connectivity index (χ1v) is 7.34. The van der Waals surface area contributed by atoms with E-state index < -0.39 is 0 Å². The number of amides is 1. The summed E-state index contributed by atoms with van der Waals surface area (Å²) >= 11 is 0. The molecule has 2 aromatic rings. The highest BCUT2D eigenvalue weighted by Crippen LogP contribution is 2.14. The molecular formula is C18H21NO2. The Kier molecular flexibility index (Phi) is 5.83. The summed E-state index contributed by atoms with van der Waals surface area (Å²) in [7, 11) is 0. The molecule has 0 aliphatic carbocycles. The van der Waals surface area contributed by atoms with E-state index in [1.165, 1.54) is 0 Å². The van der Waals surface area contributed by atoms with Gasteiger partial charge in [0.15, 0.2) is 0 Å². The van der Waals surface area contributed by atoms with Gasteiger partial charge in [0.05, 0.1) is 0 Å². The first kappa shape index (κ1) is 15.1. The highest BCUT2D eigenvalue weighted by Gasteiger charge is 2.04. The number of ether oxygens (including phenoxy) is 1. The van der Waals surface area contributed by atoms with E-state index >= 15 is 0 Å². The molecule has 3 heteroatoms. The summed E-state index contributed by atoms with van der Waals surface area (Å²) in [5, 5.41) is 2.90. The fraction of sp³-hybridized carbons (Fsp3) is 0.278. The Hall–Kier alpha value is -2.29. The minimum atomic E-state index is -0.0296. The van der Waals surface area contributed by atoms with Crippen LogP contribution in [0.5, 0.6) is 5.75 Å². The number of benzene rings is 2. The second-order valence-corrected chi connectivity index (χ2v) is 4.91. The van der Waals surface area contributed by atoms with E-state index in [0.717, 1.165) is 30.7 Å². The Morgan fingerprint density at radius 2 is 1.76 bits per heavy atom. The zero-order chi connectivity index (χ0) is 14.9. The molecule has 0 radical (unpaired) electrons. The van der Waals surface area contributed by atoms with Crippen LogP contribution in [0.15, 0.2) is 54.6 Å². The third kappa shape index (κ3) is 4.95. The predicted molar refractivity (Wildman–Crippen MR) is 84.5 cm³/mol. The van der Waals surface area contributed by atoms with E-state index in [9.17, 15) is 4.79 Å². The Morgan fingerprint density at radius 3 is 2.43 bits per heavy atom. The smallest absolute Gasteiger partial charge is 0.251 e. The Bertz CT molecular complexity index is 549. The SMILES string of the molecule is CCCCNC(=O)c1ccc(OCc2ccccc2)cc1. The van der Waals surface area contributed by atoms with Gasteiger partial charge < -0.3 is 10.1 Å². The van der Waals surface area contributed by atoms with Crippen LogP contribution in [-0.4, -0.2) is 12.5 Å². The van der Waals surface area contributed by atoms with Crippen molar-refractivity contribution in [2.75, 3.05) is 6.54 Å². The summed E-state index contributed by atoms with van der Waals surface area (Å²) in [5.41, 5.74) is 1.79. The van der Waals surface area contributed by atoms with Gasteiger partial charge in [-0.2, -0.15) is 0 Å². The van der Waals surface area contributed by atoms with Crippen molar-refractivity contribution >= 4 is 5.91 Å². The third-order valence-corrected chi connectivity index (χ3v) is 3.18. The number of unbranched alkanes of at least 4 members (excludes halogenated alkanes) is 1. The summed E-state index contributed by atoms with van der Waals surface area (Å²) in [4.78, 5) is 11.9. The van der Waals surface area contributed by atoms with Crippen LogP contribution in [0.3, 0.4) is 0 Å². The molecule has 3 nitrogen and oxygen atoms in total. The van der Waals surface area contributed by atoms with Crippen molar-refractivity contribution in [3.63, 3.8) is 0 Å². The molecule has 2 rings (SSSR count). The van der Waals surface area contributed by atoms with Gasteiger partial charge in [-0.3, -0.25) is 4.79 Å². The lowest BCUT2D eigenvalue weighted by Crippen LogP contribution is -2.24. The average Bonchev–Trinajstić information content (AvgIpc) is 2.54. The number of hydrogen-bond acceptors (Lipinski definition) is 2. The molecular weight excluding hydrogens is 262 g/mol. The minimum Gasteiger partial charge on any atom is -0.489 e. The summed E-state index contributed by atoms with van der Waals surface area (Å²) in [5.74, 6) is 0.738. The topological polar surface area (TPSA) is 38.3 Å². The first-order chi connectivity index (χ1) is 10.3. The predicted octanol–water partition coefficient (Wildman–Crippen LogP) is 3.80. The Morgan fingerprint density at radius 1 is 1.05 bits per heavy atom. The van der Waals surface area contributed by atoms with Crippen LogP contribution >= 0.6 is 0 Å². The fourth-order valence-electron chi connectivity index (χ4n) is 1.92. The van der Waals surface area contributed by atoms with Crippen LogP contribution in [0.2, 0.25) is 0 Å². The molecule has 0 aromatic heterocycles. The molecule has 0 heterocycles. The largest absolute Gasteiger partial charge is 0.489 e. The van der Waals surface area contributed by atoms with Crippen molar-refractivity contribution in [3.05, 3.63) is 65.7 Å². The van der Waals surface area contributed by atoms with E-state index in [-0.39, 0.29) is 5.91 Å². The van der Waals surface area contributed by atoms with Crippen molar-refractivity contribution < 1.29 is 9.53 Å². The minimum absolute atomic E-state index is 0.0296. The van der Waals surface area contributed by atoms with E-state index in [1.54, 1.807) is 12.1 Å². The number of carbonyl (C=O) groups is 1. The van der Waals surface area contributed by atoms with Crippen molar-refractivity contribution in [2.24, 2.45) is 0 Å². The standard InChI is InChI=1S/C18H21NO2/c1-2-3-13-19-18(20)16-9-11-17(12-10-16)21-14-15-7-5-4-6-8-15/h4-12H,2-3,13-14H2,1H3,(H,19,20). The zero-order valence-corrected chi connectivity index (χ0v) is 12.3. The summed E-state index contributed by atoms with van der Waals surface area (Å²) in [6.45, 7) is 3.36. The van der Waals surface area contributed by atoms with Gasteiger partial charge in [-0.15, -0.1) is 0 Å². The number of nitrogens with one attached hydrogen (secondary N) is 1. The van der Waals surface area contributed by atoms with Gasteiger partial charge in [0.25, 0.3) is 5.91 Å². The van der Waals surface area contributed by atoms with Crippen LogP contribution in [0.4, 0.5) is 0 Å². The molecule has 0 unspecified atom stereocenters. The number of rotatable bonds is 7. The van der Waals surface area contributed by atoms with E-state index in [1.807, 2.05) is 42.5 Å². The van der Waals surface area contributed by atoms with Crippen molar-refractivity contribution in [2.45, 2.75) is 26.4 Å². The highest BCUT2D eigenvalue weighted by atomic mass is 16.5. The lowest BCUT2D eigenvalue weighted by atomic mass is 10.2. The lowest BCUT2D eigenvalue weighted by molar-refractivity contribution is 0.0953. The molecule has 1 amide bonds.